The van der Waals surface area contributed by atoms with Crippen molar-refractivity contribution in [3.05, 3.63) is 95.5 Å². The summed E-state index contributed by atoms with van der Waals surface area (Å²) in [5.41, 5.74) is 1.46. The molecule has 2 aromatic heterocycles. The van der Waals surface area contributed by atoms with Crippen LogP contribution in [-0.2, 0) is 11.2 Å². The summed E-state index contributed by atoms with van der Waals surface area (Å²) < 4.78 is 7.76. The molecule has 6 nitrogen and oxygen atoms in total. The Morgan fingerprint density at radius 3 is 2.50 bits per heavy atom. The first-order valence-electron chi connectivity index (χ1n) is 9.37. The van der Waals surface area contributed by atoms with Crippen molar-refractivity contribution in [1.29, 1.82) is 0 Å². The minimum absolute atomic E-state index is 0.139. The van der Waals surface area contributed by atoms with Gasteiger partial charge >= 0.3 is 0 Å². The van der Waals surface area contributed by atoms with E-state index in [0.29, 0.717) is 28.2 Å². The van der Waals surface area contributed by atoms with Crippen LogP contribution in [0.3, 0.4) is 0 Å². The van der Waals surface area contributed by atoms with Gasteiger partial charge in [-0.3, -0.25) is 4.79 Å². The zero-order valence-corrected chi connectivity index (χ0v) is 17.0. The Hall–Kier alpha value is -3.64. The standard InChI is InChI=1S/C23H19ClN4O2/c1-16-25-21(28-12-4-5-13-28)15-23(26-16)30-19-10-8-18(9-11-19)27-22(29)14-17-6-2-3-7-20(17)24/h2-13,15H,14H2,1H3,(H,27,29). The van der Waals surface area contributed by atoms with E-state index in [1.54, 1.807) is 36.4 Å². The van der Waals surface area contributed by atoms with Gasteiger partial charge in [0.05, 0.1) is 6.42 Å². The Balaban J connectivity index is 1.42. The molecular formula is C23H19ClN4O2. The molecule has 0 bridgehead atoms. The third-order valence-corrected chi connectivity index (χ3v) is 4.71. The van der Waals surface area contributed by atoms with Crippen LogP contribution in [0.5, 0.6) is 11.6 Å². The van der Waals surface area contributed by atoms with Crippen molar-refractivity contribution in [2.75, 3.05) is 5.32 Å². The Morgan fingerprint density at radius 2 is 1.77 bits per heavy atom. The lowest BCUT2D eigenvalue weighted by atomic mass is 10.1. The fourth-order valence-corrected chi connectivity index (χ4v) is 3.15. The fourth-order valence-electron chi connectivity index (χ4n) is 2.94. The molecule has 0 fully saturated rings. The number of nitrogens with zero attached hydrogens (tertiary/aromatic N) is 3. The smallest absolute Gasteiger partial charge is 0.228 e. The SMILES string of the molecule is Cc1nc(Oc2ccc(NC(=O)Cc3ccccc3Cl)cc2)cc(-n2cccc2)n1. The molecule has 0 aliphatic carbocycles. The molecule has 2 heterocycles. The Morgan fingerprint density at radius 1 is 1.03 bits per heavy atom. The van der Waals surface area contributed by atoms with E-state index in [2.05, 4.69) is 15.3 Å². The molecular weight excluding hydrogens is 400 g/mol. The molecule has 0 saturated heterocycles. The van der Waals surface area contributed by atoms with Crippen LogP contribution in [0.2, 0.25) is 5.02 Å². The molecule has 2 aromatic carbocycles. The van der Waals surface area contributed by atoms with E-state index in [4.69, 9.17) is 16.3 Å². The van der Waals surface area contributed by atoms with Gasteiger partial charge in [0.1, 0.15) is 17.4 Å². The minimum atomic E-state index is -0.139. The summed E-state index contributed by atoms with van der Waals surface area (Å²) in [6, 6.07) is 20.0. The largest absolute Gasteiger partial charge is 0.439 e. The molecule has 0 atom stereocenters. The Bertz CT molecular complexity index is 1160. The second-order valence-corrected chi connectivity index (χ2v) is 7.05. The summed E-state index contributed by atoms with van der Waals surface area (Å²) >= 11 is 6.12. The number of hydrogen-bond donors (Lipinski definition) is 1. The van der Waals surface area contributed by atoms with E-state index in [-0.39, 0.29) is 12.3 Å². The zero-order valence-electron chi connectivity index (χ0n) is 16.2. The maximum Gasteiger partial charge on any atom is 0.228 e. The molecule has 1 amide bonds. The first kappa shape index (κ1) is 19.7. The van der Waals surface area contributed by atoms with E-state index >= 15 is 0 Å². The van der Waals surface area contributed by atoms with Gasteiger partial charge in [0, 0.05) is 29.2 Å². The van der Waals surface area contributed by atoms with Crippen LogP contribution in [-0.4, -0.2) is 20.4 Å². The van der Waals surface area contributed by atoms with Crippen molar-refractivity contribution in [3.8, 4) is 17.4 Å². The highest BCUT2D eigenvalue weighted by Crippen LogP contribution is 2.23. The average Bonchev–Trinajstić information content (AvgIpc) is 3.26. The second kappa shape index (κ2) is 8.80. The van der Waals surface area contributed by atoms with Crippen LogP contribution in [0.1, 0.15) is 11.4 Å². The van der Waals surface area contributed by atoms with Crippen LogP contribution >= 0.6 is 11.6 Å². The van der Waals surface area contributed by atoms with Gasteiger partial charge in [0.2, 0.25) is 11.8 Å². The van der Waals surface area contributed by atoms with E-state index in [0.717, 1.165) is 11.4 Å². The summed E-state index contributed by atoms with van der Waals surface area (Å²) in [6.45, 7) is 1.82. The van der Waals surface area contributed by atoms with Gasteiger partial charge in [-0.25, -0.2) is 4.98 Å². The number of carbonyl (C=O) groups excluding carboxylic acids is 1. The van der Waals surface area contributed by atoms with Gasteiger partial charge in [-0.05, 0) is 55.0 Å². The first-order valence-corrected chi connectivity index (χ1v) is 9.75. The lowest BCUT2D eigenvalue weighted by molar-refractivity contribution is -0.115. The summed E-state index contributed by atoms with van der Waals surface area (Å²) in [5, 5.41) is 3.44. The molecule has 0 aliphatic heterocycles. The number of rotatable bonds is 6. The van der Waals surface area contributed by atoms with Crippen LogP contribution in [0.15, 0.2) is 79.1 Å². The first-order chi connectivity index (χ1) is 14.6. The predicted molar refractivity (Wildman–Crippen MR) is 116 cm³/mol. The number of benzene rings is 2. The predicted octanol–water partition coefficient (Wildman–Crippen LogP) is 5.20. The van der Waals surface area contributed by atoms with Gasteiger partial charge in [-0.1, -0.05) is 29.8 Å². The van der Waals surface area contributed by atoms with Crippen LogP contribution in [0.4, 0.5) is 5.69 Å². The maximum atomic E-state index is 12.3. The van der Waals surface area contributed by atoms with Gasteiger partial charge in [-0.2, -0.15) is 4.98 Å². The molecule has 30 heavy (non-hydrogen) atoms. The molecule has 1 N–H and O–H groups in total. The van der Waals surface area contributed by atoms with E-state index in [9.17, 15) is 4.79 Å². The van der Waals surface area contributed by atoms with Crippen molar-refractivity contribution in [1.82, 2.24) is 14.5 Å². The van der Waals surface area contributed by atoms with Crippen LogP contribution in [0.25, 0.3) is 5.82 Å². The number of anilines is 1. The molecule has 0 aliphatic rings. The molecule has 4 rings (SSSR count). The quantitative estimate of drug-likeness (QED) is 0.467. The van der Waals surface area contributed by atoms with Gasteiger partial charge in [-0.15, -0.1) is 0 Å². The van der Waals surface area contributed by atoms with Crippen molar-refractivity contribution < 1.29 is 9.53 Å². The van der Waals surface area contributed by atoms with Crippen LogP contribution < -0.4 is 10.1 Å². The average molecular weight is 419 g/mol. The molecule has 150 valence electrons. The lowest BCUT2D eigenvalue weighted by Gasteiger charge is -2.10. The summed E-state index contributed by atoms with van der Waals surface area (Å²) in [7, 11) is 0. The number of hydrogen-bond acceptors (Lipinski definition) is 4. The zero-order chi connectivity index (χ0) is 20.9. The normalized spacial score (nSPS) is 10.6. The van der Waals surface area contributed by atoms with E-state index in [1.807, 2.05) is 54.2 Å². The highest BCUT2D eigenvalue weighted by Gasteiger charge is 2.09. The molecule has 0 saturated carbocycles. The van der Waals surface area contributed by atoms with Crippen molar-refractivity contribution in [3.63, 3.8) is 0 Å². The van der Waals surface area contributed by atoms with E-state index < -0.39 is 0 Å². The third-order valence-electron chi connectivity index (χ3n) is 4.34. The highest BCUT2D eigenvalue weighted by atomic mass is 35.5. The monoisotopic (exact) mass is 418 g/mol. The molecule has 0 spiro atoms. The number of nitrogens with one attached hydrogen (secondary N) is 1. The Labute approximate surface area is 179 Å². The third kappa shape index (κ3) is 4.85. The molecule has 0 radical (unpaired) electrons. The second-order valence-electron chi connectivity index (χ2n) is 6.64. The summed E-state index contributed by atoms with van der Waals surface area (Å²) in [5.74, 6) is 2.25. The van der Waals surface area contributed by atoms with E-state index in [1.165, 1.54) is 0 Å². The van der Waals surface area contributed by atoms with Crippen molar-refractivity contribution >= 4 is 23.2 Å². The number of aryl methyl sites for hydroxylation is 1. The summed E-state index contributed by atoms with van der Waals surface area (Å²) in [4.78, 5) is 21.0. The van der Waals surface area contributed by atoms with Gasteiger partial charge in [0.25, 0.3) is 0 Å². The maximum absolute atomic E-state index is 12.3. The van der Waals surface area contributed by atoms with Crippen LogP contribution in [0, 0.1) is 6.92 Å². The number of aromatic nitrogens is 3. The number of ether oxygens (including phenoxy) is 1. The summed E-state index contributed by atoms with van der Waals surface area (Å²) in [6.07, 6.45) is 4.03. The van der Waals surface area contributed by atoms with Gasteiger partial charge in [0.15, 0.2) is 0 Å². The number of halogens is 1. The van der Waals surface area contributed by atoms with Crippen molar-refractivity contribution in [2.24, 2.45) is 0 Å². The minimum Gasteiger partial charge on any atom is -0.439 e. The number of amides is 1. The number of carbonyl (C=O) groups is 1. The molecule has 7 heteroatoms. The topological polar surface area (TPSA) is 69.0 Å². The highest BCUT2D eigenvalue weighted by molar-refractivity contribution is 6.31. The van der Waals surface area contributed by atoms with Crippen molar-refractivity contribution in [2.45, 2.75) is 13.3 Å². The Kier molecular flexibility index (Phi) is 5.77. The molecule has 4 aromatic rings. The molecule has 0 unspecified atom stereocenters. The lowest BCUT2D eigenvalue weighted by Crippen LogP contribution is -2.14. The fraction of sp³-hybridized carbons (Fsp3) is 0.0870. The van der Waals surface area contributed by atoms with Gasteiger partial charge < -0.3 is 14.6 Å².